The summed E-state index contributed by atoms with van der Waals surface area (Å²) in [5, 5.41) is 9.05. The highest BCUT2D eigenvalue weighted by Gasteiger charge is 2.57. The van der Waals surface area contributed by atoms with Crippen LogP contribution in [0.25, 0.3) is 0 Å². The van der Waals surface area contributed by atoms with Gasteiger partial charge in [0.1, 0.15) is 0 Å². The van der Waals surface area contributed by atoms with Crippen LogP contribution < -0.4 is 0 Å². The lowest BCUT2D eigenvalue weighted by Gasteiger charge is -2.60. The topological polar surface area (TPSA) is 67.2 Å². The number of benzene rings is 1. The minimum absolute atomic E-state index is 0.124. The summed E-state index contributed by atoms with van der Waals surface area (Å²) in [7, 11) is -3.74. The zero-order valence-corrected chi connectivity index (χ0v) is 13.7. The molecule has 2 saturated carbocycles. The Labute approximate surface area is 132 Å². The fraction of sp³-hybridized carbons (Fsp3) is 0.588. The van der Waals surface area contributed by atoms with Crippen LogP contribution in [0.4, 0.5) is 0 Å². The van der Waals surface area contributed by atoms with E-state index >= 15 is 0 Å². The van der Waals surface area contributed by atoms with Crippen LogP contribution >= 0.6 is 0 Å². The van der Waals surface area contributed by atoms with Crippen LogP contribution in [0.3, 0.4) is 0 Å². The number of hydrogen-bond acceptors (Lipinski definition) is 4. The van der Waals surface area contributed by atoms with E-state index in [9.17, 15) is 8.42 Å². The standard InChI is InChI=1S/C17H21NO3S/c1-14-3-5-15(6-4-14)22(19,20)21-13-17(9-10-18)11-16(12-17)7-2-8-16/h3-6H,2,7-9,11-13H2,1H3. The van der Waals surface area contributed by atoms with E-state index in [1.807, 2.05) is 6.92 Å². The first-order chi connectivity index (χ1) is 10.4. The Bertz CT molecular complexity index is 688. The lowest BCUT2D eigenvalue weighted by molar-refractivity contribution is -0.112. The Morgan fingerprint density at radius 3 is 2.36 bits per heavy atom. The molecule has 0 aliphatic heterocycles. The quantitative estimate of drug-likeness (QED) is 0.778. The van der Waals surface area contributed by atoms with Crippen molar-refractivity contribution >= 4 is 10.1 Å². The molecule has 0 saturated heterocycles. The van der Waals surface area contributed by atoms with E-state index in [0.717, 1.165) is 18.4 Å². The second kappa shape index (κ2) is 5.36. The van der Waals surface area contributed by atoms with Gasteiger partial charge in [-0.25, -0.2) is 0 Å². The molecule has 1 aromatic rings. The average molecular weight is 319 g/mol. The Kier molecular flexibility index (Phi) is 3.78. The molecule has 0 aromatic heterocycles. The van der Waals surface area contributed by atoms with Gasteiger partial charge in [-0.3, -0.25) is 4.18 Å². The SMILES string of the molecule is Cc1ccc(S(=O)(=O)OCC2(CC#N)CC3(CCC3)C2)cc1. The van der Waals surface area contributed by atoms with Crippen molar-refractivity contribution in [3.63, 3.8) is 0 Å². The highest BCUT2D eigenvalue weighted by atomic mass is 32.2. The molecule has 4 nitrogen and oxygen atoms in total. The number of aryl methyl sites for hydroxylation is 1. The van der Waals surface area contributed by atoms with Gasteiger partial charge in [0.25, 0.3) is 10.1 Å². The summed E-state index contributed by atoms with van der Waals surface area (Å²) in [6.45, 7) is 2.03. The summed E-state index contributed by atoms with van der Waals surface area (Å²) >= 11 is 0. The minimum Gasteiger partial charge on any atom is -0.266 e. The second-order valence-electron chi connectivity index (χ2n) is 7.07. The predicted molar refractivity (Wildman–Crippen MR) is 82.5 cm³/mol. The molecule has 5 heteroatoms. The first-order valence-corrected chi connectivity index (χ1v) is 9.13. The average Bonchev–Trinajstić information content (AvgIpc) is 2.39. The van der Waals surface area contributed by atoms with Gasteiger partial charge in [-0.05, 0) is 50.2 Å². The van der Waals surface area contributed by atoms with Gasteiger partial charge in [0.2, 0.25) is 0 Å². The van der Waals surface area contributed by atoms with Gasteiger partial charge in [-0.2, -0.15) is 13.7 Å². The smallest absolute Gasteiger partial charge is 0.266 e. The second-order valence-corrected chi connectivity index (χ2v) is 8.69. The van der Waals surface area contributed by atoms with Crippen LogP contribution in [0.1, 0.15) is 44.1 Å². The predicted octanol–water partition coefficient (Wildman–Crippen LogP) is 3.56. The molecule has 0 radical (unpaired) electrons. The van der Waals surface area contributed by atoms with Crippen LogP contribution in [0, 0.1) is 29.1 Å². The fourth-order valence-electron chi connectivity index (χ4n) is 3.99. The van der Waals surface area contributed by atoms with Gasteiger partial charge in [-0.15, -0.1) is 0 Å². The molecule has 0 N–H and O–H groups in total. The molecule has 0 amide bonds. The molecule has 0 unspecified atom stereocenters. The maximum absolute atomic E-state index is 12.3. The largest absolute Gasteiger partial charge is 0.296 e. The Morgan fingerprint density at radius 2 is 1.86 bits per heavy atom. The van der Waals surface area contributed by atoms with Crippen molar-refractivity contribution in [1.29, 1.82) is 5.26 Å². The fourth-order valence-corrected chi connectivity index (χ4v) is 5.00. The highest BCUT2D eigenvalue weighted by Crippen LogP contribution is 2.65. The van der Waals surface area contributed by atoms with E-state index < -0.39 is 10.1 Å². The van der Waals surface area contributed by atoms with E-state index in [-0.39, 0.29) is 16.9 Å². The molecule has 1 aromatic carbocycles. The lowest BCUT2D eigenvalue weighted by atomic mass is 9.45. The number of nitrogens with zero attached hydrogens (tertiary/aromatic N) is 1. The molecule has 0 heterocycles. The Morgan fingerprint density at radius 1 is 1.23 bits per heavy atom. The van der Waals surface area contributed by atoms with Gasteiger partial charge in [-0.1, -0.05) is 24.1 Å². The maximum Gasteiger partial charge on any atom is 0.296 e. The molecule has 2 aliphatic rings. The first-order valence-electron chi connectivity index (χ1n) is 7.72. The van der Waals surface area contributed by atoms with Crippen molar-refractivity contribution in [2.75, 3.05) is 6.61 Å². The third-order valence-electron chi connectivity index (χ3n) is 5.20. The maximum atomic E-state index is 12.3. The van der Waals surface area contributed by atoms with Crippen molar-refractivity contribution in [2.45, 2.75) is 50.3 Å². The normalized spacial score (nSPS) is 21.6. The molecular formula is C17H21NO3S. The van der Waals surface area contributed by atoms with Crippen LogP contribution in [-0.4, -0.2) is 15.0 Å². The zero-order valence-electron chi connectivity index (χ0n) is 12.8. The Hall–Kier alpha value is -1.38. The van der Waals surface area contributed by atoms with Crippen LogP contribution in [0.2, 0.25) is 0 Å². The van der Waals surface area contributed by atoms with Crippen LogP contribution in [0.15, 0.2) is 29.2 Å². The van der Waals surface area contributed by atoms with Crippen molar-refractivity contribution < 1.29 is 12.6 Å². The van der Waals surface area contributed by atoms with Crippen molar-refractivity contribution in [2.24, 2.45) is 10.8 Å². The third kappa shape index (κ3) is 2.78. The molecule has 3 rings (SSSR count). The molecule has 2 aliphatic carbocycles. The van der Waals surface area contributed by atoms with E-state index in [1.165, 1.54) is 19.3 Å². The van der Waals surface area contributed by atoms with Crippen LogP contribution in [-0.2, 0) is 14.3 Å². The summed E-state index contributed by atoms with van der Waals surface area (Å²) in [6.07, 6.45) is 5.91. The van der Waals surface area contributed by atoms with E-state index in [2.05, 4.69) is 6.07 Å². The summed E-state index contributed by atoms with van der Waals surface area (Å²) < 4.78 is 29.8. The van der Waals surface area contributed by atoms with Crippen molar-refractivity contribution in [3.8, 4) is 6.07 Å². The van der Waals surface area contributed by atoms with Gasteiger partial charge < -0.3 is 0 Å². The monoisotopic (exact) mass is 319 g/mol. The zero-order chi connectivity index (χ0) is 15.8. The van der Waals surface area contributed by atoms with Crippen molar-refractivity contribution in [3.05, 3.63) is 29.8 Å². The van der Waals surface area contributed by atoms with E-state index in [0.29, 0.717) is 11.8 Å². The van der Waals surface area contributed by atoms with E-state index in [1.54, 1.807) is 24.3 Å². The Balaban J connectivity index is 1.67. The summed E-state index contributed by atoms with van der Waals surface area (Å²) in [4.78, 5) is 0.183. The molecule has 2 fully saturated rings. The number of hydrogen-bond donors (Lipinski definition) is 0. The summed E-state index contributed by atoms with van der Waals surface area (Å²) in [6, 6.07) is 8.85. The van der Waals surface area contributed by atoms with Crippen LogP contribution in [0.5, 0.6) is 0 Å². The van der Waals surface area contributed by atoms with Crippen molar-refractivity contribution in [1.82, 2.24) is 0 Å². The molecular weight excluding hydrogens is 298 g/mol. The highest BCUT2D eigenvalue weighted by molar-refractivity contribution is 7.86. The third-order valence-corrected chi connectivity index (χ3v) is 6.48. The summed E-state index contributed by atoms with van der Waals surface area (Å²) in [5.41, 5.74) is 1.12. The summed E-state index contributed by atoms with van der Waals surface area (Å²) in [5.74, 6) is 0. The van der Waals surface area contributed by atoms with Gasteiger partial charge in [0.15, 0.2) is 0 Å². The van der Waals surface area contributed by atoms with Gasteiger partial charge in [0, 0.05) is 11.8 Å². The van der Waals surface area contributed by atoms with Gasteiger partial charge in [0.05, 0.1) is 17.6 Å². The minimum atomic E-state index is -3.74. The molecule has 0 atom stereocenters. The molecule has 0 bridgehead atoms. The molecule has 118 valence electrons. The van der Waals surface area contributed by atoms with E-state index in [4.69, 9.17) is 9.44 Å². The lowest BCUT2D eigenvalue weighted by Crippen LogP contribution is -2.52. The molecule has 22 heavy (non-hydrogen) atoms. The van der Waals surface area contributed by atoms with Gasteiger partial charge >= 0.3 is 0 Å². The molecule has 1 spiro atoms. The number of rotatable bonds is 5. The first kappa shape index (κ1) is 15.5. The number of nitriles is 1.